The van der Waals surface area contributed by atoms with Crippen LogP contribution in [0.4, 0.5) is 22.7 Å². The Bertz CT molecular complexity index is 1240. The minimum atomic E-state index is -0.701. The standard InChI is InChI=1S/C32H40N4O/c1-7-34(8-2)23-13-16-28-26(19-23)27-20-24(35(9-3)10-4)14-17-29(27)32(28)30-18-15-25(36(11-5)12-6)21-31(30)33-22-37-32/h13-22H,7-12H2,1-6H3. The van der Waals surface area contributed by atoms with Gasteiger partial charge in [-0.1, -0.05) is 18.2 Å². The van der Waals surface area contributed by atoms with Crippen molar-refractivity contribution < 1.29 is 4.74 Å². The summed E-state index contributed by atoms with van der Waals surface area (Å²) in [5, 5.41) is 0. The van der Waals surface area contributed by atoms with E-state index in [0.29, 0.717) is 0 Å². The van der Waals surface area contributed by atoms with Crippen molar-refractivity contribution in [2.24, 2.45) is 4.99 Å². The smallest absolute Gasteiger partial charge is 0.189 e. The van der Waals surface area contributed by atoms with Crippen LogP contribution in [0.5, 0.6) is 0 Å². The number of hydrogen-bond donors (Lipinski definition) is 0. The molecule has 1 spiro atoms. The molecule has 1 aliphatic carbocycles. The van der Waals surface area contributed by atoms with Gasteiger partial charge in [0.15, 0.2) is 12.0 Å². The highest BCUT2D eigenvalue weighted by Crippen LogP contribution is 2.57. The Morgan fingerprint density at radius 2 is 0.973 bits per heavy atom. The average molecular weight is 497 g/mol. The molecule has 1 heterocycles. The van der Waals surface area contributed by atoms with Crippen LogP contribution in [0.15, 0.2) is 59.6 Å². The van der Waals surface area contributed by atoms with E-state index in [1.165, 1.54) is 39.3 Å². The number of ether oxygens (including phenoxy) is 1. The number of fused-ring (bicyclic) bond motifs is 7. The summed E-state index contributed by atoms with van der Waals surface area (Å²) < 4.78 is 6.63. The van der Waals surface area contributed by atoms with Gasteiger partial charge in [0, 0.05) is 73.0 Å². The molecule has 0 radical (unpaired) electrons. The fourth-order valence-electron chi connectivity index (χ4n) is 6.19. The number of nitrogens with zero attached hydrogens (tertiary/aromatic N) is 4. The zero-order valence-corrected chi connectivity index (χ0v) is 23.2. The third-order valence-electron chi connectivity index (χ3n) is 8.22. The highest BCUT2D eigenvalue weighted by Gasteiger charge is 2.49. The lowest BCUT2D eigenvalue weighted by atomic mass is 9.82. The lowest BCUT2D eigenvalue weighted by Crippen LogP contribution is -2.32. The van der Waals surface area contributed by atoms with Crippen molar-refractivity contribution in [1.82, 2.24) is 0 Å². The average Bonchev–Trinajstić information content (AvgIpc) is 3.20. The normalized spacial score (nSPS) is 14.1. The minimum absolute atomic E-state index is 0.701. The summed E-state index contributed by atoms with van der Waals surface area (Å²) in [6.45, 7) is 19.1. The Morgan fingerprint density at radius 1 is 0.568 bits per heavy atom. The topological polar surface area (TPSA) is 31.3 Å². The van der Waals surface area contributed by atoms with Gasteiger partial charge in [-0.25, -0.2) is 4.99 Å². The molecule has 0 fully saturated rings. The van der Waals surface area contributed by atoms with Gasteiger partial charge in [0.1, 0.15) is 0 Å². The van der Waals surface area contributed by atoms with Crippen molar-refractivity contribution in [3.8, 4) is 11.1 Å². The van der Waals surface area contributed by atoms with Crippen molar-refractivity contribution >= 4 is 29.2 Å². The number of anilines is 3. The second-order valence-electron chi connectivity index (χ2n) is 9.71. The first-order chi connectivity index (χ1) is 18.1. The molecule has 0 bridgehead atoms. The van der Waals surface area contributed by atoms with Gasteiger partial charge in [-0.3, -0.25) is 0 Å². The molecule has 5 heteroatoms. The van der Waals surface area contributed by atoms with Gasteiger partial charge < -0.3 is 19.4 Å². The molecule has 0 amide bonds. The van der Waals surface area contributed by atoms with Crippen LogP contribution in [0.3, 0.4) is 0 Å². The molecule has 0 saturated heterocycles. The van der Waals surface area contributed by atoms with Gasteiger partial charge in [-0.2, -0.15) is 0 Å². The Balaban J connectivity index is 1.75. The lowest BCUT2D eigenvalue weighted by Gasteiger charge is -2.35. The van der Waals surface area contributed by atoms with E-state index in [-0.39, 0.29) is 0 Å². The molecule has 0 unspecified atom stereocenters. The van der Waals surface area contributed by atoms with E-state index in [0.717, 1.165) is 50.5 Å². The van der Waals surface area contributed by atoms with Crippen molar-refractivity contribution in [3.05, 3.63) is 71.3 Å². The predicted molar refractivity (Wildman–Crippen MR) is 158 cm³/mol. The van der Waals surface area contributed by atoms with E-state index in [1.807, 2.05) is 0 Å². The second-order valence-corrected chi connectivity index (χ2v) is 9.71. The number of rotatable bonds is 9. The first-order valence-electron chi connectivity index (χ1n) is 13.9. The fourth-order valence-corrected chi connectivity index (χ4v) is 6.19. The molecule has 194 valence electrons. The zero-order valence-electron chi connectivity index (χ0n) is 23.2. The zero-order chi connectivity index (χ0) is 26.2. The molecule has 37 heavy (non-hydrogen) atoms. The van der Waals surface area contributed by atoms with Gasteiger partial charge in [-0.05, 0) is 89.1 Å². The third kappa shape index (κ3) is 3.87. The lowest BCUT2D eigenvalue weighted by molar-refractivity contribution is 0.153. The molecule has 5 rings (SSSR count). The largest absolute Gasteiger partial charge is 0.462 e. The van der Waals surface area contributed by atoms with E-state index in [9.17, 15) is 0 Å². The molecule has 3 aromatic carbocycles. The molecule has 0 saturated carbocycles. The SMILES string of the molecule is CCN(CC)c1ccc2c(c1)N=COC21c2ccc(N(CC)CC)cc2-c2cc(N(CC)CC)ccc21. The quantitative estimate of drug-likeness (QED) is 0.314. The summed E-state index contributed by atoms with van der Waals surface area (Å²) in [5.41, 5.74) is 9.98. The van der Waals surface area contributed by atoms with Crippen LogP contribution < -0.4 is 14.7 Å². The molecule has 1 aliphatic heterocycles. The maximum absolute atomic E-state index is 6.63. The van der Waals surface area contributed by atoms with Crippen molar-refractivity contribution in [3.63, 3.8) is 0 Å². The third-order valence-corrected chi connectivity index (χ3v) is 8.22. The van der Waals surface area contributed by atoms with E-state index >= 15 is 0 Å². The van der Waals surface area contributed by atoms with Crippen LogP contribution in [-0.2, 0) is 10.3 Å². The molecule has 3 aromatic rings. The highest BCUT2D eigenvalue weighted by molar-refractivity contribution is 5.89. The molecule has 2 aliphatic rings. The molecule has 0 N–H and O–H groups in total. The monoisotopic (exact) mass is 496 g/mol. The maximum Gasteiger partial charge on any atom is 0.189 e. The van der Waals surface area contributed by atoms with E-state index in [4.69, 9.17) is 9.73 Å². The van der Waals surface area contributed by atoms with E-state index in [1.54, 1.807) is 6.40 Å². The van der Waals surface area contributed by atoms with Crippen LogP contribution in [0.2, 0.25) is 0 Å². The Morgan fingerprint density at radius 3 is 1.41 bits per heavy atom. The van der Waals surface area contributed by atoms with Crippen LogP contribution in [-0.4, -0.2) is 45.7 Å². The number of hydrogen-bond acceptors (Lipinski definition) is 5. The van der Waals surface area contributed by atoms with Gasteiger partial charge in [-0.15, -0.1) is 0 Å². The highest BCUT2D eigenvalue weighted by atomic mass is 16.5. The summed E-state index contributed by atoms with van der Waals surface area (Å²) >= 11 is 0. The van der Waals surface area contributed by atoms with E-state index in [2.05, 4.69) is 111 Å². The number of benzene rings is 3. The first-order valence-corrected chi connectivity index (χ1v) is 13.9. The summed E-state index contributed by atoms with van der Waals surface area (Å²) in [7, 11) is 0. The van der Waals surface area contributed by atoms with Gasteiger partial charge in [0.2, 0.25) is 0 Å². The molecular formula is C32H40N4O. The van der Waals surface area contributed by atoms with Gasteiger partial charge in [0.05, 0.1) is 5.69 Å². The first kappa shape index (κ1) is 25.2. The van der Waals surface area contributed by atoms with Gasteiger partial charge >= 0.3 is 0 Å². The van der Waals surface area contributed by atoms with Crippen LogP contribution >= 0.6 is 0 Å². The predicted octanol–water partition coefficient (Wildman–Crippen LogP) is 7.19. The maximum atomic E-state index is 6.63. The minimum Gasteiger partial charge on any atom is -0.462 e. The summed E-state index contributed by atoms with van der Waals surface area (Å²) in [4.78, 5) is 11.9. The Kier molecular flexibility index (Phi) is 6.89. The second kappa shape index (κ2) is 10.1. The molecular weight excluding hydrogens is 456 g/mol. The van der Waals surface area contributed by atoms with Crippen molar-refractivity contribution in [2.45, 2.75) is 47.1 Å². The Hall–Kier alpha value is -3.47. The number of aliphatic imine (C=N–C) groups is 1. The summed E-state index contributed by atoms with van der Waals surface area (Å²) in [6, 6.07) is 20.5. The summed E-state index contributed by atoms with van der Waals surface area (Å²) in [5.74, 6) is 0. The Labute approximate surface area is 222 Å². The molecule has 0 aromatic heterocycles. The van der Waals surface area contributed by atoms with E-state index < -0.39 is 5.60 Å². The van der Waals surface area contributed by atoms with Crippen molar-refractivity contribution in [2.75, 3.05) is 54.0 Å². The van der Waals surface area contributed by atoms with Crippen molar-refractivity contribution in [1.29, 1.82) is 0 Å². The van der Waals surface area contributed by atoms with Crippen LogP contribution in [0, 0.1) is 0 Å². The fraction of sp³-hybridized carbons (Fsp3) is 0.406. The molecule has 0 atom stereocenters. The van der Waals surface area contributed by atoms with Gasteiger partial charge in [0.25, 0.3) is 0 Å². The van der Waals surface area contributed by atoms with Crippen LogP contribution in [0.25, 0.3) is 11.1 Å². The van der Waals surface area contributed by atoms with Crippen LogP contribution in [0.1, 0.15) is 58.2 Å². The summed E-state index contributed by atoms with van der Waals surface area (Å²) in [6.07, 6.45) is 1.66. The molecule has 5 nitrogen and oxygen atoms in total.